The molecule has 0 radical (unpaired) electrons. The molecule has 5 rings (SSSR count). The van der Waals surface area contributed by atoms with Crippen LogP contribution in [-0.2, 0) is 32.7 Å². The van der Waals surface area contributed by atoms with Gasteiger partial charge in [0.15, 0.2) is 0 Å². The van der Waals surface area contributed by atoms with Crippen molar-refractivity contribution in [2.45, 2.75) is 30.7 Å². The Morgan fingerprint density at radius 3 is 2.56 bits per heavy atom. The highest BCUT2D eigenvalue weighted by Gasteiger charge is 2.26. The Morgan fingerprint density at radius 2 is 1.82 bits per heavy atom. The zero-order valence-electron chi connectivity index (χ0n) is 21.2. The van der Waals surface area contributed by atoms with Crippen LogP contribution in [0.4, 0.5) is 9.57 Å². The first kappa shape index (κ1) is 26.1. The molecule has 0 spiro atoms. The zero-order chi connectivity index (χ0) is 27.7. The average molecular weight is 548 g/mol. The number of aromatic nitrogens is 3. The van der Waals surface area contributed by atoms with Crippen LogP contribution in [0.15, 0.2) is 77.8 Å². The lowest BCUT2D eigenvalue weighted by molar-refractivity contribution is -0.127. The monoisotopic (exact) mass is 547 g/mol. The first-order valence-corrected chi connectivity index (χ1v) is 13.6. The molecule has 0 fully saturated rings. The molecule has 11 heteroatoms. The van der Waals surface area contributed by atoms with Crippen LogP contribution in [0.5, 0.6) is 0 Å². The number of aromatic amines is 2. The smallest absolute Gasteiger partial charge is 0.332 e. The maximum atomic E-state index is 13.7. The summed E-state index contributed by atoms with van der Waals surface area (Å²) in [5.74, 6) is -0.744. The molecule has 5 aromatic rings. The van der Waals surface area contributed by atoms with E-state index < -0.39 is 27.1 Å². The summed E-state index contributed by atoms with van der Waals surface area (Å²) in [6.07, 6.45) is 1.82. The minimum atomic E-state index is -4.91. The second-order valence-electron chi connectivity index (χ2n) is 9.40. The molecule has 0 bridgehead atoms. The van der Waals surface area contributed by atoms with E-state index in [4.69, 9.17) is 0 Å². The molecule has 0 saturated heterocycles. The van der Waals surface area contributed by atoms with Gasteiger partial charge >= 0.3 is 10.2 Å². The van der Waals surface area contributed by atoms with Gasteiger partial charge in [-0.25, -0.2) is 0 Å². The fraction of sp³-hybridized carbons (Fsp3) is 0.179. The van der Waals surface area contributed by atoms with Gasteiger partial charge in [0.05, 0.1) is 23.0 Å². The number of hydrogen-bond acceptors (Lipinski definition) is 5. The van der Waals surface area contributed by atoms with Gasteiger partial charge < -0.3 is 15.2 Å². The topological polar surface area (TPSA) is 128 Å². The number of benzene rings is 3. The second kappa shape index (κ2) is 10.3. The van der Waals surface area contributed by atoms with Crippen LogP contribution in [-0.4, -0.2) is 48.5 Å². The van der Waals surface area contributed by atoms with Crippen molar-refractivity contribution in [3.63, 3.8) is 0 Å². The van der Waals surface area contributed by atoms with Gasteiger partial charge in [-0.3, -0.25) is 14.7 Å². The number of anilines is 1. The Labute approximate surface area is 224 Å². The molecular weight excluding hydrogens is 521 g/mol. The van der Waals surface area contributed by atoms with E-state index in [9.17, 15) is 21.9 Å². The number of nitrogens with one attached hydrogen (secondary N) is 3. The molecule has 2 amide bonds. The van der Waals surface area contributed by atoms with Crippen molar-refractivity contribution in [2.24, 2.45) is 0 Å². The number of H-pyrrole nitrogens is 2. The third kappa shape index (κ3) is 5.53. The van der Waals surface area contributed by atoms with Crippen LogP contribution < -0.4 is 10.2 Å². The summed E-state index contributed by atoms with van der Waals surface area (Å²) < 4.78 is 36.5. The van der Waals surface area contributed by atoms with Gasteiger partial charge in [-0.2, -0.15) is 13.5 Å². The number of halogens is 1. The van der Waals surface area contributed by atoms with Gasteiger partial charge in [0.1, 0.15) is 6.04 Å². The van der Waals surface area contributed by atoms with Crippen molar-refractivity contribution in [1.82, 2.24) is 20.5 Å². The molecule has 9 nitrogen and oxygen atoms in total. The molecule has 3 aromatic carbocycles. The summed E-state index contributed by atoms with van der Waals surface area (Å²) in [5, 5.41) is 11.1. The molecule has 200 valence electrons. The number of amides is 2. The Morgan fingerprint density at radius 1 is 1.05 bits per heavy atom. The van der Waals surface area contributed by atoms with Gasteiger partial charge in [-0.1, -0.05) is 30.3 Å². The molecule has 1 atom stereocenters. The number of carbonyl (C=O) groups is 2. The van der Waals surface area contributed by atoms with Crippen LogP contribution in [0.25, 0.3) is 21.8 Å². The molecule has 2 aromatic heterocycles. The molecule has 2 heterocycles. The predicted octanol–water partition coefficient (Wildman–Crippen LogP) is 3.94. The van der Waals surface area contributed by atoms with Gasteiger partial charge in [0.2, 0.25) is 11.8 Å². The van der Waals surface area contributed by atoms with E-state index in [2.05, 4.69) is 20.5 Å². The quantitative estimate of drug-likeness (QED) is 0.254. The largest absolute Gasteiger partial charge is 0.358 e. The minimum Gasteiger partial charge on any atom is -0.358 e. The summed E-state index contributed by atoms with van der Waals surface area (Å²) in [6.45, 7) is 1.75. The lowest BCUT2D eigenvalue weighted by Gasteiger charge is -2.25. The van der Waals surface area contributed by atoms with Crippen LogP contribution in [0.2, 0.25) is 0 Å². The van der Waals surface area contributed by atoms with Crippen molar-refractivity contribution in [1.29, 1.82) is 0 Å². The van der Waals surface area contributed by atoms with Gasteiger partial charge in [-0.15, -0.1) is 3.89 Å². The fourth-order valence-electron chi connectivity index (χ4n) is 4.69. The lowest BCUT2D eigenvalue weighted by atomic mass is 10.0. The Bertz CT molecular complexity index is 1800. The van der Waals surface area contributed by atoms with Crippen LogP contribution in [0, 0.1) is 6.92 Å². The predicted molar refractivity (Wildman–Crippen MR) is 147 cm³/mol. The average Bonchev–Trinajstić information content (AvgIpc) is 3.50. The summed E-state index contributed by atoms with van der Waals surface area (Å²) in [6, 6.07) is 17.8. The summed E-state index contributed by atoms with van der Waals surface area (Å²) in [5.41, 5.74) is 4.03. The number of fused-ring (bicyclic) bond motifs is 2. The molecule has 0 aliphatic rings. The molecule has 1 unspecified atom stereocenters. The molecular formula is C28H26FN5O4S. The standard InChI is InChI=1S/C28H26FN5O4S/c1-17-22(23-14-21(39(29,37)38)10-11-24(23)31-17)15-27(35)32-26(12-18-6-4-3-5-7-18)28(36)34(2)20-9-8-19-16-30-33-25(19)13-20/h3-11,13-14,16,26,31H,12,15H2,1-2H3,(H,30,33)(H,32,35). The fourth-order valence-corrected chi connectivity index (χ4v) is 5.18. The summed E-state index contributed by atoms with van der Waals surface area (Å²) >= 11 is 0. The second-order valence-corrected chi connectivity index (χ2v) is 10.7. The zero-order valence-corrected chi connectivity index (χ0v) is 22.0. The molecule has 0 saturated carbocycles. The third-order valence-electron chi connectivity index (χ3n) is 6.77. The van der Waals surface area contributed by atoms with Crippen molar-refractivity contribution >= 4 is 49.5 Å². The Hall–Kier alpha value is -4.51. The molecule has 0 aliphatic heterocycles. The van der Waals surface area contributed by atoms with E-state index in [1.54, 1.807) is 20.2 Å². The Balaban J connectivity index is 1.42. The lowest BCUT2D eigenvalue weighted by Crippen LogP contribution is -2.49. The normalized spacial score (nSPS) is 12.5. The van der Waals surface area contributed by atoms with Crippen molar-refractivity contribution in [2.75, 3.05) is 11.9 Å². The summed E-state index contributed by atoms with van der Waals surface area (Å²) in [7, 11) is -3.27. The first-order chi connectivity index (χ1) is 18.6. The van der Waals surface area contributed by atoms with E-state index in [1.165, 1.54) is 23.1 Å². The number of hydrogen-bond donors (Lipinski definition) is 3. The highest BCUT2D eigenvalue weighted by molar-refractivity contribution is 7.86. The number of nitrogens with zero attached hydrogens (tertiary/aromatic N) is 2. The summed E-state index contributed by atoms with van der Waals surface area (Å²) in [4.78, 5) is 31.1. The number of likely N-dealkylation sites (N-methyl/N-ethyl adjacent to an activating group) is 1. The van der Waals surface area contributed by atoms with Crippen molar-refractivity contribution in [3.05, 3.63) is 89.7 Å². The maximum absolute atomic E-state index is 13.7. The minimum absolute atomic E-state index is 0.135. The van der Waals surface area contributed by atoms with Gasteiger partial charge in [-0.05, 0) is 54.4 Å². The number of rotatable bonds is 8. The van der Waals surface area contributed by atoms with E-state index in [-0.39, 0.29) is 18.7 Å². The third-order valence-corrected chi connectivity index (χ3v) is 7.59. The molecule has 3 N–H and O–H groups in total. The van der Waals surface area contributed by atoms with Crippen LogP contribution in [0.3, 0.4) is 0 Å². The number of carbonyl (C=O) groups excluding carboxylic acids is 2. The highest BCUT2D eigenvalue weighted by atomic mass is 32.3. The maximum Gasteiger partial charge on any atom is 0.332 e. The van der Waals surface area contributed by atoms with Gasteiger partial charge in [0, 0.05) is 41.1 Å². The highest BCUT2D eigenvalue weighted by Crippen LogP contribution is 2.27. The Kier molecular flexibility index (Phi) is 6.92. The molecule has 0 aliphatic carbocycles. The van der Waals surface area contributed by atoms with Crippen molar-refractivity contribution < 1.29 is 21.9 Å². The van der Waals surface area contributed by atoms with Crippen LogP contribution >= 0.6 is 0 Å². The number of aryl methyl sites for hydroxylation is 1. The van der Waals surface area contributed by atoms with E-state index in [1.807, 2.05) is 48.5 Å². The van der Waals surface area contributed by atoms with E-state index in [0.717, 1.165) is 16.5 Å². The first-order valence-electron chi connectivity index (χ1n) is 12.2. The van der Waals surface area contributed by atoms with E-state index in [0.29, 0.717) is 27.8 Å². The van der Waals surface area contributed by atoms with Crippen molar-refractivity contribution in [3.8, 4) is 0 Å². The van der Waals surface area contributed by atoms with Crippen LogP contribution in [0.1, 0.15) is 16.8 Å². The SMILES string of the molecule is Cc1[nH]c2ccc(S(=O)(=O)F)cc2c1CC(=O)NC(Cc1ccccc1)C(=O)N(C)c1ccc2cn[nH]c2c1. The van der Waals surface area contributed by atoms with E-state index >= 15 is 0 Å². The van der Waals surface area contributed by atoms with Gasteiger partial charge in [0.25, 0.3) is 0 Å². The molecule has 39 heavy (non-hydrogen) atoms.